The van der Waals surface area contributed by atoms with Gasteiger partial charge in [-0.3, -0.25) is 0 Å². The average molecular weight is 251 g/mol. The SMILES string of the molecule is CCCc1c(C(=O)OCC)nnn1CCC1CC1. The van der Waals surface area contributed by atoms with E-state index in [4.69, 9.17) is 4.74 Å². The van der Waals surface area contributed by atoms with Crippen LogP contribution < -0.4 is 0 Å². The Morgan fingerprint density at radius 2 is 2.22 bits per heavy atom. The van der Waals surface area contributed by atoms with Crippen molar-refractivity contribution in [1.29, 1.82) is 0 Å². The zero-order chi connectivity index (χ0) is 13.0. The Labute approximate surface area is 108 Å². The highest BCUT2D eigenvalue weighted by atomic mass is 16.5. The van der Waals surface area contributed by atoms with E-state index in [-0.39, 0.29) is 5.97 Å². The summed E-state index contributed by atoms with van der Waals surface area (Å²) in [6.07, 6.45) is 5.61. The minimum Gasteiger partial charge on any atom is -0.461 e. The van der Waals surface area contributed by atoms with Crippen molar-refractivity contribution in [3.05, 3.63) is 11.4 Å². The maximum absolute atomic E-state index is 11.8. The highest BCUT2D eigenvalue weighted by Gasteiger charge is 2.24. The minimum atomic E-state index is -0.348. The van der Waals surface area contributed by atoms with Crippen LogP contribution in [0.1, 0.15) is 55.7 Å². The lowest BCUT2D eigenvalue weighted by molar-refractivity contribution is 0.0518. The van der Waals surface area contributed by atoms with E-state index in [2.05, 4.69) is 17.2 Å². The second kappa shape index (κ2) is 5.98. The second-order valence-corrected chi connectivity index (χ2v) is 4.81. The summed E-state index contributed by atoms with van der Waals surface area (Å²) >= 11 is 0. The maximum atomic E-state index is 11.8. The normalized spacial score (nSPS) is 14.8. The first kappa shape index (κ1) is 13.1. The predicted molar refractivity (Wildman–Crippen MR) is 67.3 cm³/mol. The Morgan fingerprint density at radius 3 is 2.83 bits per heavy atom. The molecule has 1 saturated carbocycles. The summed E-state index contributed by atoms with van der Waals surface area (Å²) in [5.74, 6) is 0.508. The Morgan fingerprint density at radius 1 is 1.44 bits per heavy atom. The molecular formula is C13H21N3O2. The average Bonchev–Trinajstić information content (AvgIpc) is 3.10. The molecule has 1 aromatic heterocycles. The van der Waals surface area contributed by atoms with Crippen LogP contribution in [0, 0.1) is 5.92 Å². The number of rotatable bonds is 7. The van der Waals surface area contributed by atoms with Crippen LogP contribution in [0.2, 0.25) is 0 Å². The van der Waals surface area contributed by atoms with Crippen molar-refractivity contribution in [1.82, 2.24) is 15.0 Å². The summed E-state index contributed by atoms with van der Waals surface area (Å²) < 4.78 is 6.89. The van der Waals surface area contributed by atoms with Gasteiger partial charge in [-0.2, -0.15) is 0 Å². The molecule has 5 heteroatoms. The van der Waals surface area contributed by atoms with Crippen molar-refractivity contribution in [2.75, 3.05) is 6.61 Å². The summed E-state index contributed by atoms with van der Waals surface area (Å²) in [5, 5.41) is 8.09. The quantitative estimate of drug-likeness (QED) is 0.697. The van der Waals surface area contributed by atoms with Gasteiger partial charge in [0, 0.05) is 6.54 Å². The van der Waals surface area contributed by atoms with Crippen LogP contribution in [0.15, 0.2) is 0 Å². The van der Waals surface area contributed by atoms with E-state index in [1.165, 1.54) is 12.8 Å². The number of aryl methyl sites for hydroxylation is 1. The topological polar surface area (TPSA) is 57.0 Å². The standard InChI is InChI=1S/C13H21N3O2/c1-3-5-11-12(13(17)18-4-2)14-15-16(11)9-8-10-6-7-10/h10H,3-9H2,1-2H3. The second-order valence-electron chi connectivity index (χ2n) is 4.81. The van der Waals surface area contributed by atoms with Gasteiger partial charge in [0.1, 0.15) is 0 Å². The molecule has 1 fully saturated rings. The molecule has 0 radical (unpaired) electrons. The third-order valence-electron chi connectivity index (χ3n) is 3.24. The predicted octanol–water partition coefficient (Wildman–Crippen LogP) is 2.21. The van der Waals surface area contributed by atoms with Crippen LogP contribution in [0.5, 0.6) is 0 Å². The number of hydrogen-bond donors (Lipinski definition) is 0. The van der Waals surface area contributed by atoms with E-state index < -0.39 is 0 Å². The van der Waals surface area contributed by atoms with Crippen molar-refractivity contribution in [2.24, 2.45) is 5.92 Å². The molecule has 0 saturated heterocycles. The zero-order valence-corrected chi connectivity index (χ0v) is 11.2. The van der Waals surface area contributed by atoms with Gasteiger partial charge >= 0.3 is 5.97 Å². The molecule has 1 heterocycles. The molecule has 1 aliphatic rings. The summed E-state index contributed by atoms with van der Waals surface area (Å²) in [6, 6.07) is 0. The molecule has 0 N–H and O–H groups in total. The van der Waals surface area contributed by atoms with Crippen molar-refractivity contribution in [3.63, 3.8) is 0 Å². The van der Waals surface area contributed by atoms with Crippen LogP contribution in [0.25, 0.3) is 0 Å². The van der Waals surface area contributed by atoms with Crippen LogP contribution in [0.3, 0.4) is 0 Å². The monoisotopic (exact) mass is 251 g/mol. The number of nitrogens with zero attached hydrogens (tertiary/aromatic N) is 3. The van der Waals surface area contributed by atoms with Crippen LogP contribution in [0.4, 0.5) is 0 Å². The van der Waals surface area contributed by atoms with Gasteiger partial charge in [-0.15, -0.1) is 5.10 Å². The molecule has 100 valence electrons. The number of esters is 1. The molecule has 0 aromatic carbocycles. The van der Waals surface area contributed by atoms with E-state index in [1.54, 1.807) is 6.92 Å². The van der Waals surface area contributed by atoms with Crippen molar-refractivity contribution in [2.45, 2.75) is 52.5 Å². The Hall–Kier alpha value is -1.39. The molecule has 0 aliphatic heterocycles. The lowest BCUT2D eigenvalue weighted by Crippen LogP contribution is -2.11. The molecule has 0 unspecified atom stereocenters. The smallest absolute Gasteiger partial charge is 0.360 e. The fourth-order valence-electron chi connectivity index (χ4n) is 2.07. The molecular weight excluding hydrogens is 230 g/mol. The molecule has 1 aliphatic carbocycles. The highest BCUT2D eigenvalue weighted by Crippen LogP contribution is 2.32. The van der Waals surface area contributed by atoms with E-state index in [9.17, 15) is 4.79 Å². The number of carbonyl (C=O) groups is 1. The van der Waals surface area contributed by atoms with E-state index in [1.807, 2.05) is 4.68 Å². The first-order valence-electron chi connectivity index (χ1n) is 6.85. The van der Waals surface area contributed by atoms with Crippen molar-refractivity contribution in [3.8, 4) is 0 Å². The molecule has 5 nitrogen and oxygen atoms in total. The van der Waals surface area contributed by atoms with Crippen LogP contribution >= 0.6 is 0 Å². The molecule has 0 bridgehead atoms. The first-order valence-corrected chi connectivity index (χ1v) is 6.85. The summed E-state index contributed by atoms with van der Waals surface area (Å²) in [6.45, 7) is 5.13. The highest BCUT2D eigenvalue weighted by molar-refractivity contribution is 5.88. The third-order valence-corrected chi connectivity index (χ3v) is 3.24. The van der Waals surface area contributed by atoms with Gasteiger partial charge in [-0.1, -0.05) is 31.4 Å². The Balaban J connectivity index is 2.09. The summed E-state index contributed by atoms with van der Waals surface area (Å²) in [5.41, 5.74) is 1.33. The zero-order valence-electron chi connectivity index (χ0n) is 11.2. The fourth-order valence-corrected chi connectivity index (χ4v) is 2.07. The molecule has 18 heavy (non-hydrogen) atoms. The van der Waals surface area contributed by atoms with Gasteiger partial charge in [0.05, 0.1) is 12.3 Å². The van der Waals surface area contributed by atoms with Gasteiger partial charge in [0.2, 0.25) is 0 Å². The molecule has 2 rings (SSSR count). The number of aromatic nitrogens is 3. The largest absolute Gasteiger partial charge is 0.461 e. The van der Waals surface area contributed by atoms with E-state index >= 15 is 0 Å². The van der Waals surface area contributed by atoms with Crippen molar-refractivity contribution < 1.29 is 9.53 Å². The van der Waals surface area contributed by atoms with Crippen molar-refractivity contribution >= 4 is 5.97 Å². The van der Waals surface area contributed by atoms with Gasteiger partial charge in [0.25, 0.3) is 0 Å². The fraction of sp³-hybridized carbons (Fsp3) is 0.769. The maximum Gasteiger partial charge on any atom is 0.360 e. The van der Waals surface area contributed by atoms with E-state index in [0.29, 0.717) is 12.3 Å². The lowest BCUT2D eigenvalue weighted by Gasteiger charge is -2.06. The number of carbonyl (C=O) groups excluding carboxylic acids is 1. The summed E-state index contributed by atoms with van der Waals surface area (Å²) in [7, 11) is 0. The molecule has 0 atom stereocenters. The van der Waals surface area contributed by atoms with Crippen LogP contribution in [-0.2, 0) is 17.7 Å². The molecule has 0 amide bonds. The Bertz CT molecular complexity index is 410. The minimum absolute atomic E-state index is 0.348. The molecule has 1 aromatic rings. The van der Waals surface area contributed by atoms with Gasteiger partial charge in [0.15, 0.2) is 5.69 Å². The lowest BCUT2D eigenvalue weighted by atomic mass is 10.2. The number of ether oxygens (including phenoxy) is 1. The van der Waals surface area contributed by atoms with Gasteiger partial charge in [-0.25, -0.2) is 9.48 Å². The Kier molecular flexibility index (Phi) is 4.33. The number of hydrogen-bond acceptors (Lipinski definition) is 4. The van der Waals surface area contributed by atoms with Crippen LogP contribution in [-0.4, -0.2) is 27.6 Å². The first-order chi connectivity index (χ1) is 8.76. The summed E-state index contributed by atoms with van der Waals surface area (Å²) in [4.78, 5) is 11.8. The van der Waals surface area contributed by atoms with Gasteiger partial charge in [-0.05, 0) is 25.7 Å². The third kappa shape index (κ3) is 3.09. The molecule has 0 spiro atoms. The van der Waals surface area contributed by atoms with E-state index in [0.717, 1.165) is 37.4 Å². The van der Waals surface area contributed by atoms with Gasteiger partial charge < -0.3 is 4.74 Å².